The Labute approximate surface area is 209 Å². The molecule has 35 heavy (non-hydrogen) atoms. The summed E-state index contributed by atoms with van der Waals surface area (Å²) in [7, 11) is 0. The third kappa shape index (κ3) is 8.93. The Morgan fingerprint density at radius 3 is 2.40 bits per heavy atom. The highest BCUT2D eigenvalue weighted by Gasteiger charge is 2.21. The molecule has 0 radical (unpaired) electrons. The number of unbranched alkanes of at least 4 members (excludes halogenated alkanes) is 5. The summed E-state index contributed by atoms with van der Waals surface area (Å²) in [5, 5.41) is 0.705. The van der Waals surface area contributed by atoms with Crippen LogP contribution in [0.1, 0.15) is 86.0 Å². The van der Waals surface area contributed by atoms with Crippen molar-refractivity contribution >= 4 is 22.6 Å². The van der Waals surface area contributed by atoms with E-state index in [-0.39, 0.29) is 23.7 Å². The van der Waals surface area contributed by atoms with Gasteiger partial charge in [0, 0.05) is 24.5 Å². The van der Waals surface area contributed by atoms with E-state index < -0.39 is 5.97 Å². The quantitative estimate of drug-likeness (QED) is 0.136. The van der Waals surface area contributed by atoms with Gasteiger partial charge in [-0.15, -0.1) is 0 Å². The molecule has 0 unspecified atom stereocenters. The highest BCUT2D eigenvalue weighted by atomic mass is 16.6. The number of anilines is 1. The van der Waals surface area contributed by atoms with Gasteiger partial charge in [0.05, 0.1) is 5.52 Å². The van der Waals surface area contributed by atoms with Crippen LogP contribution in [0.15, 0.2) is 46.3 Å². The molecule has 1 aromatic heterocycles. The number of benzene rings is 1. The van der Waals surface area contributed by atoms with E-state index in [0.29, 0.717) is 23.1 Å². The Morgan fingerprint density at radius 1 is 1.00 bits per heavy atom. The molecular formula is C29H42N2O4. The third-order valence-corrected chi connectivity index (χ3v) is 5.93. The minimum absolute atomic E-state index is 0.0589. The Morgan fingerprint density at radius 2 is 1.71 bits per heavy atom. The van der Waals surface area contributed by atoms with Crippen molar-refractivity contribution < 1.29 is 14.3 Å². The summed E-state index contributed by atoms with van der Waals surface area (Å²) >= 11 is 0. The maximum atomic E-state index is 13.5. The van der Waals surface area contributed by atoms with Gasteiger partial charge >= 0.3 is 5.97 Å². The molecule has 0 fully saturated rings. The van der Waals surface area contributed by atoms with E-state index in [4.69, 9.17) is 15.2 Å². The van der Waals surface area contributed by atoms with Crippen LogP contribution in [0.4, 0.5) is 5.69 Å². The third-order valence-electron chi connectivity index (χ3n) is 5.93. The predicted octanol–water partition coefficient (Wildman–Crippen LogP) is 6.94. The second kappa shape index (κ2) is 14.4. The number of aromatic nitrogens is 1. The fraction of sp³-hybridized carbons (Fsp3) is 0.517. The number of carbonyl (C=O) groups excluding carboxylic acids is 1. The van der Waals surface area contributed by atoms with Crippen molar-refractivity contribution in [1.82, 2.24) is 4.57 Å². The van der Waals surface area contributed by atoms with Gasteiger partial charge in [0.2, 0.25) is 5.75 Å². The SMILES string of the molecule is CCCCCCCCn1c(=O)c(OC(C)=O)c(OC/C=C(\C)CCC=C(C)C)c2ccc(N)cc21. The lowest BCUT2D eigenvalue weighted by molar-refractivity contribution is -0.132. The van der Waals surface area contributed by atoms with Crippen LogP contribution in [0.2, 0.25) is 0 Å². The molecule has 0 atom stereocenters. The van der Waals surface area contributed by atoms with Gasteiger partial charge in [-0.2, -0.15) is 0 Å². The number of hydrogen-bond acceptors (Lipinski definition) is 5. The molecule has 0 bridgehead atoms. The summed E-state index contributed by atoms with van der Waals surface area (Å²) in [6.45, 7) is 10.5. The first-order chi connectivity index (χ1) is 16.7. The molecule has 1 heterocycles. The van der Waals surface area contributed by atoms with Crippen molar-refractivity contribution in [2.45, 2.75) is 92.5 Å². The van der Waals surface area contributed by atoms with E-state index in [2.05, 4.69) is 33.8 Å². The topological polar surface area (TPSA) is 83.5 Å². The number of nitrogen functional groups attached to an aromatic ring is 1. The average Bonchev–Trinajstić information content (AvgIpc) is 2.79. The second-order valence-corrected chi connectivity index (χ2v) is 9.43. The summed E-state index contributed by atoms with van der Waals surface area (Å²) in [6, 6.07) is 5.39. The molecule has 2 N–H and O–H groups in total. The van der Waals surface area contributed by atoms with Crippen molar-refractivity contribution in [2.75, 3.05) is 12.3 Å². The summed E-state index contributed by atoms with van der Waals surface area (Å²) in [5.74, 6) is -0.328. The van der Waals surface area contributed by atoms with Gasteiger partial charge in [-0.3, -0.25) is 9.59 Å². The predicted molar refractivity (Wildman–Crippen MR) is 145 cm³/mol. The molecule has 0 saturated carbocycles. The number of carbonyl (C=O) groups is 1. The second-order valence-electron chi connectivity index (χ2n) is 9.43. The highest BCUT2D eigenvalue weighted by molar-refractivity contribution is 5.91. The van der Waals surface area contributed by atoms with Gasteiger partial charge in [0.15, 0.2) is 5.75 Å². The number of nitrogens with zero attached hydrogens (tertiary/aromatic N) is 1. The molecule has 0 spiro atoms. The van der Waals surface area contributed by atoms with Crippen molar-refractivity contribution in [2.24, 2.45) is 0 Å². The molecule has 1 aromatic carbocycles. The molecule has 0 aliphatic rings. The number of pyridine rings is 1. The number of allylic oxidation sites excluding steroid dienone is 3. The van der Waals surface area contributed by atoms with Crippen LogP contribution in [0, 0.1) is 0 Å². The van der Waals surface area contributed by atoms with Crippen molar-refractivity contribution in [3.8, 4) is 11.5 Å². The number of ether oxygens (including phenoxy) is 2. The van der Waals surface area contributed by atoms with Crippen LogP contribution in [-0.2, 0) is 11.3 Å². The van der Waals surface area contributed by atoms with Crippen LogP contribution in [-0.4, -0.2) is 17.1 Å². The molecular weight excluding hydrogens is 440 g/mol. The number of rotatable bonds is 14. The first-order valence-corrected chi connectivity index (χ1v) is 12.8. The summed E-state index contributed by atoms with van der Waals surface area (Å²) < 4.78 is 13.1. The Kier molecular flexibility index (Phi) is 11.6. The van der Waals surface area contributed by atoms with Crippen LogP contribution in [0.3, 0.4) is 0 Å². The molecule has 6 heteroatoms. The molecule has 2 aromatic rings. The summed E-state index contributed by atoms with van der Waals surface area (Å²) in [5.41, 5.74) is 9.46. The smallest absolute Gasteiger partial charge is 0.308 e. The number of fused-ring (bicyclic) bond motifs is 1. The Hall–Kier alpha value is -3.02. The first-order valence-electron chi connectivity index (χ1n) is 12.8. The molecule has 0 amide bonds. The normalized spacial score (nSPS) is 11.5. The molecule has 0 aliphatic heterocycles. The van der Waals surface area contributed by atoms with E-state index >= 15 is 0 Å². The van der Waals surface area contributed by atoms with Crippen molar-refractivity contribution in [1.29, 1.82) is 0 Å². The zero-order chi connectivity index (χ0) is 25.8. The lowest BCUT2D eigenvalue weighted by Crippen LogP contribution is -2.25. The summed E-state index contributed by atoms with van der Waals surface area (Å²) in [4.78, 5) is 25.3. The number of aryl methyl sites for hydroxylation is 1. The van der Waals surface area contributed by atoms with Crippen molar-refractivity contribution in [3.05, 3.63) is 51.9 Å². The van der Waals surface area contributed by atoms with E-state index in [0.717, 1.165) is 32.1 Å². The number of hydrogen-bond donors (Lipinski definition) is 1. The van der Waals surface area contributed by atoms with E-state index in [1.54, 1.807) is 16.7 Å². The zero-order valence-electron chi connectivity index (χ0n) is 22.1. The van der Waals surface area contributed by atoms with E-state index in [1.165, 1.54) is 37.3 Å². The summed E-state index contributed by atoms with van der Waals surface area (Å²) in [6.07, 6.45) is 12.8. The van der Waals surface area contributed by atoms with Crippen LogP contribution >= 0.6 is 0 Å². The van der Waals surface area contributed by atoms with Gasteiger partial charge < -0.3 is 19.8 Å². The number of nitrogens with two attached hydrogens (primary N) is 1. The van der Waals surface area contributed by atoms with E-state index in [1.807, 2.05) is 12.1 Å². The minimum atomic E-state index is -0.554. The lowest BCUT2D eigenvalue weighted by Gasteiger charge is -2.18. The monoisotopic (exact) mass is 482 g/mol. The van der Waals surface area contributed by atoms with Gasteiger partial charge in [-0.25, -0.2) is 0 Å². The fourth-order valence-electron chi connectivity index (χ4n) is 4.02. The Balaban J connectivity index is 2.37. The molecule has 6 nitrogen and oxygen atoms in total. The highest BCUT2D eigenvalue weighted by Crippen LogP contribution is 2.34. The average molecular weight is 483 g/mol. The largest absolute Gasteiger partial charge is 0.485 e. The zero-order valence-corrected chi connectivity index (χ0v) is 22.1. The lowest BCUT2D eigenvalue weighted by atomic mass is 10.1. The van der Waals surface area contributed by atoms with Gasteiger partial charge in [0.1, 0.15) is 6.61 Å². The standard InChI is InChI=1S/C29H42N2O4/c1-6-7-8-9-10-11-18-31-26-20-24(30)15-16-25(26)27(28(29(31)33)35-23(5)32)34-19-17-22(4)14-12-13-21(2)3/h13,15-17,20H,6-12,14,18-19,30H2,1-5H3/b22-17+. The minimum Gasteiger partial charge on any atom is -0.485 e. The van der Waals surface area contributed by atoms with Crippen LogP contribution < -0.4 is 20.8 Å². The van der Waals surface area contributed by atoms with Gasteiger partial charge in [-0.05, 0) is 64.3 Å². The van der Waals surface area contributed by atoms with Crippen LogP contribution in [0.5, 0.6) is 11.5 Å². The maximum absolute atomic E-state index is 13.5. The van der Waals surface area contributed by atoms with E-state index in [9.17, 15) is 9.59 Å². The molecule has 192 valence electrons. The van der Waals surface area contributed by atoms with Crippen molar-refractivity contribution in [3.63, 3.8) is 0 Å². The first kappa shape index (κ1) is 28.2. The fourth-order valence-corrected chi connectivity index (χ4v) is 4.02. The van der Waals surface area contributed by atoms with Gasteiger partial charge in [0.25, 0.3) is 5.56 Å². The Bertz CT molecular complexity index is 1110. The molecule has 0 aliphatic carbocycles. The number of esters is 1. The molecule has 0 saturated heterocycles. The maximum Gasteiger partial charge on any atom is 0.308 e. The van der Waals surface area contributed by atoms with Gasteiger partial charge in [-0.1, -0.05) is 56.3 Å². The molecule has 2 rings (SSSR count). The van der Waals surface area contributed by atoms with Crippen LogP contribution in [0.25, 0.3) is 10.9 Å².